The lowest BCUT2D eigenvalue weighted by Crippen LogP contribution is -2.17. The molecule has 0 radical (unpaired) electrons. The molecule has 0 bridgehead atoms. The molecule has 8 nitrogen and oxygen atoms in total. The Labute approximate surface area is 141 Å². The lowest BCUT2D eigenvalue weighted by Gasteiger charge is -2.05. The van der Waals surface area contributed by atoms with Gasteiger partial charge in [0, 0.05) is 22.2 Å². The van der Waals surface area contributed by atoms with Crippen LogP contribution in [0.2, 0.25) is 5.02 Å². The molecule has 2 aromatic rings. The molecular formula is C15H12ClN3O5. The Bertz CT molecular complexity index is 806. The summed E-state index contributed by atoms with van der Waals surface area (Å²) in [4.78, 5) is 22.0. The Balaban J connectivity index is 2.16. The van der Waals surface area contributed by atoms with Gasteiger partial charge in [0.1, 0.15) is 0 Å². The van der Waals surface area contributed by atoms with Crippen molar-refractivity contribution in [1.29, 1.82) is 0 Å². The molecule has 0 spiro atoms. The number of halogens is 1. The molecule has 0 aliphatic rings. The number of carbonyl (C=O) groups is 1. The second kappa shape index (κ2) is 7.42. The van der Waals surface area contributed by atoms with Crippen molar-refractivity contribution in [2.75, 3.05) is 7.11 Å². The zero-order valence-electron chi connectivity index (χ0n) is 12.4. The average molecular weight is 350 g/mol. The Morgan fingerprint density at radius 3 is 2.62 bits per heavy atom. The predicted octanol–water partition coefficient (Wildman–Crippen LogP) is 2.73. The molecule has 0 aromatic heterocycles. The normalized spacial score (nSPS) is 10.6. The van der Waals surface area contributed by atoms with Crippen molar-refractivity contribution in [3.63, 3.8) is 0 Å². The highest BCUT2D eigenvalue weighted by Crippen LogP contribution is 2.36. The molecule has 24 heavy (non-hydrogen) atoms. The van der Waals surface area contributed by atoms with Crippen LogP contribution in [0.5, 0.6) is 11.5 Å². The first-order chi connectivity index (χ1) is 11.4. The van der Waals surface area contributed by atoms with Crippen LogP contribution in [0.3, 0.4) is 0 Å². The van der Waals surface area contributed by atoms with Crippen LogP contribution in [0.1, 0.15) is 15.9 Å². The lowest BCUT2D eigenvalue weighted by atomic mass is 10.2. The Morgan fingerprint density at radius 2 is 2.04 bits per heavy atom. The van der Waals surface area contributed by atoms with E-state index in [0.29, 0.717) is 10.6 Å². The topological polar surface area (TPSA) is 114 Å². The minimum atomic E-state index is -0.749. The fourth-order valence-electron chi connectivity index (χ4n) is 1.81. The van der Waals surface area contributed by atoms with E-state index >= 15 is 0 Å². The highest BCUT2D eigenvalue weighted by atomic mass is 35.5. The van der Waals surface area contributed by atoms with Crippen LogP contribution in [0.15, 0.2) is 41.5 Å². The molecule has 0 aliphatic carbocycles. The lowest BCUT2D eigenvalue weighted by molar-refractivity contribution is -0.386. The number of nitro groups is 1. The molecule has 124 valence electrons. The quantitative estimate of drug-likeness (QED) is 0.489. The number of carbonyl (C=O) groups excluding carboxylic acids is 1. The smallest absolute Gasteiger partial charge is 0.315 e. The molecule has 1 amide bonds. The van der Waals surface area contributed by atoms with Crippen LogP contribution in [-0.4, -0.2) is 29.3 Å². The number of rotatable bonds is 5. The largest absolute Gasteiger partial charge is 0.500 e. The van der Waals surface area contributed by atoms with Crippen molar-refractivity contribution >= 4 is 29.4 Å². The van der Waals surface area contributed by atoms with Crippen LogP contribution in [0.4, 0.5) is 5.69 Å². The number of ether oxygens (including phenoxy) is 1. The van der Waals surface area contributed by atoms with Crippen LogP contribution in [-0.2, 0) is 0 Å². The monoisotopic (exact) mass is 349 g/mol. The molecule has 9 heteroatoms. The van der Waals surface area contributed by atoms with Crippen LogP contribution in [0, 0.1) is 10.1 Å². The van der Waals surface area contributed by atoms with Gasteiger partial charge in [-0.15, -0.1) is 0 Å². The van der Waals surface area contributed by atoms with Gasteiger partial charge in [-0.3, -0.25) is 14.9 Å². The number of methoxy groups -OCH3 is 1. The molecule has 0 aliphatic heterocycles. The fraction of sp³-hybridized carbons (Fsp3) is 0.0667. The number of benzene rings is 2. The number of phenolic OH excluding ortho intramolecular Hbond substituents is 1. The van der Waals surface area contributed by atoms with Gasteiger partial charge >= 0.3 is 5.69 Å². The summed E-state index contributed by atoms with van der Waals surface area (Å²) in [7, 11) is 1.27. The molecule has 2 aromatic carbocycles. The van der Waals surface area contributed by atoms with Gasteiger partial charge in [0.15, 0.2) is 5.75 Å². The summed E-state index contributed by atoms with van der Waals surface area (Å²) < 4.78 is 4.87. The van der Waals surface area contributed by atoms with E-state index in [-0.39, 0.29) is 11.3 Å². The molecule has 0 saturated carbocycles. The van der Waals surface area contributed by atoms with Crippen LogP contribution < -0.4 is 10.2 Å². The molecule has 0 fully saturated rings. The summed E-state index contributed by atoms with van der Waals surface area (Å²) in [6, 6.07) is 8.64. The maximum absolute atomic E-state index is 11.9. The Hall–Kier alpha value is -3.13. The maximum Gasteiger partial charge on any atom is 0.315 e. The van der Waals surface area contributed by atoms with E-state index in [4.69, 9.17) is 16.3 Å². The van der Waals surface area contributed by atoms with Gasteiger partial charge in [-0.1, -0.05) is 11.6 Å². The van der Waals surface area contributed by atoms with Gasteiger partial charge in [0.25, 0.3) is 5.91 Å². The highest BCUT2D eigenvalue weighted by Gasteiger charge is 2.19. The molecule has 2 N–H and O–H groups in total. The summed E-state index contributed by atoms with van der Waals surface area (Å²) in [5.41, 5.74) is 2.38. The summed E-state index contributed by atoms with van der Waals surface area (Å²) >= 11 is 5.73. The van der Waals surface area contributed by atoms with E-state index in [1.807, 2.05) is 0 Å². The number of nitro benzene ring substituents is 1. The number of hydrogen-bond donors (Lipinski definition) is 2. The molecule has 0 saturated heterocycles. The molecule has 0 unspecified atom stereocenters. The van der Waals surface area contributed by atoms with Crippen LogP contribution in [0.25, 0.3) is 0 Å². The van der Waals surface area contributed by atoms with E-state index in [0.717, 1.165) is 6.07 Å². The third-order valence-corrected chi connectivity index (χ3v) is 3.23. The van der Waals surface area contributed by atoms with Crippen molar-refractivity contribution in [2.45, 2.75) is 0 Å². The van der Waals surface area contributed by atoms with Crippen molar-refractivity contribution in [3.8, 4) is 11.5 Å². The maximum atomic E-state index is 11.9. The number of hydrogen-bond acceptors (Lipinski definition) is 6. The van der Waals surface area contributed by atoms with E-state index in [1.54, 1.807) is 12.1 Å². The Morgan fingerprint density at radius 1 is 1.38 bits per heavy atom. The minimum absolute atomic E-state index is 0.0744. The number of amides is 1. The molecule has 2 rings (SSSR count). The number of hydrazone groups is 1. The number of nitrogens with one attached hydrogen (secondary N) is 1. The van der Waals surface area contributed by atoms with E-state index < -0.39 is 22.3 Å². The highest BCUT2D eigenvalue weighted by molar-refractivity contribution is 6.30. The standard InChI is InChI=1S/C15H12ClN3O5/c1-24-13-7-9(6-12(14(13)20)19(22)23)8-17-18-15(21)10-2-4-11(16)5-3-10/h2-8,20H,1H3,(H,18,21)/b17-8+. The molecule has 0 heterocycles. The third-order valence-electron chi connectivity index (χ3n) is 2.98. The van der Waals surface area contributed by atoms with Gasteiger partial charge in [-0.25, -0.2) is 5.43 Å². The first-order valence-electron chi connectivity index (χ1n) is 6.56. The first kappa shape index (κ1) is 17.2. The minimum Gasteiger partial charge on any atom is -0.500 e. The fourth-order valence-corrected chi connectivity index (χ4v) is 1.94. The third kappa shape index (κ3) is 3.99. The summed E-state index contributed by atoms with van der Waals surface area (Å²) in [5, 5.41) is 24.8. The summed E-state index contributed by atoms with van der Waals surface area (Å²) in [6.45, 7) is 0. The second-order valence-corrected chi connectivity index (χ2v) is 4.99. The second-order valence-electron chi connectivity index (χ2n) is 4.55. The van der Waals surface area contributed by atoms with E-state index in [9.17, 15) is 20.0 Å². The number of nitrogens with zero attached hydrogens (tertiary/aromatic N) is 2. The zero-order chi connectivity index (χ0) is 17.7. The summed E-state index contributed by atoms with van der Waals surface area (Å²) in [5.74, 6) is -1.12. The van der Waals surface area contributed by atoms with Gasteiger partial charge in [0.2, 0.25) is 5.75 Å². The number of phenols is 1. The molecular weight excluding hydrogens is 338 g/mol. The SMILES string of the molecule is COc1cc(/C=N/NC(=O)c2ccc(Cl)cc2)cc([N+](=O)[O-])c1O. The predicted molar refractivity (Wildman–Crippen MR) is 87.8 cm³/mol. The van der Waals surface area contributed by atoms with Crippen molar-refractivity contribution in [3.05, 3.63) is 62.7 Å². The first-order valence-corrected chi connectivity index (χ1v) is 6.94. The van der Waals surface area contributed by atoms with Crippen LogP contribution >= 0.6 is 11.6 Å². The van der Waals surface area contributed by atoms with E-state index in [2.05, 4.69) is 10.5 Å². The van der Waals surface area contributed by atoms with Gasteiger partial charge < -0.3 is 9.84 Å². The zero-order valence-corrected chi connectivity index (χ0v) is 13.1. The van der Waals surface area contributed by atoms with Crippen molar-refractivity contribution < 1.29 is 19.6 Å². The van der Waals surface area contributed by atoms with Gasteiger partial charge in [-0.2, -0.15) is 5.10 Å². The van der Waals surface area contributed by atoms with E-state index in [1.165, 1.54) is 31.5 Å². The summed E-state index contributed by atoms with van der Waals surface area (Å²) in [6.07, 6.45) is 1.20. The van der Waals surface area contributed by atoms with Crippen molar-refractivity contribution in [1.82, 2.24) is 5.43 Å². The van der Waals surface area contributed by atoms with Gasteiger partial charge in [0.05, 0.1) is 18.2 Å². The molecule has 0 atom stereocenters. The number of aromatic hydroxyl groups is 1. The average Bonchev–Trinajstić information content (AvgIpc) is 2.56. The van der Waals surface area contributed by atoms with Gasteiger partial charge in [-0.05, 0) is 30.3 Å². The Kier molecular flexibility index (Phi) is 5.33. The van der Waals surface area contributed by atoms with Crippen molar-refractivity contribution in [2.24, 2.45) is 5.10 Å².